The smallest absolute Gasteiger partial charge is 0.321 e. The number of amides is 2. The van der Waals surface area contributed by atoms with Crippen molar-refractivity contribution >= 4 is 34.4 Å². The minimum absolute atomic E-state index is 0.0574. The maximum atomic E-state index is 13.0. The minimum Gasteiger partial charge on any atom is -0.335 e. The molecule has 0 spiro atoms. The van der Waals surface area contributed by atoms with Gasteiger partial charge in [-0.15, -0.1) is 0 Å². The van der Waals surface area contributed by atoms with Crippen LogP contribution in [-0.2, 0) is 13.0 Å². The van der Waals surface area contributed by atoms with E-state index in [1.165, 1.54) is 19.3 Å². The van der Waals surface area contributed by atoms with E-state index in [1.807, 2.05) is 31.3 Å². The lowest BCUT2D eigenvalue weighted by atomic mass is 9.96. The molecular weight excluding hydrogens is 518 g/mol. The first-order valence-corrected chi connectivity index (χ1v) is 14.7. The Morgan fingerprint density at radius 2 is 1.88 bits per heavy atom. The van der Waals surface area contributed by atoms with Gasteiger partial charge in [-0.1, -0.05) is 74.5 Å². The van der Waals surface area contributed by atoms with E-state index in [0.29, 0.717) is 17.1 Å². The molecule has 7 heteroatoms. The Hall–Kier alpha value is -3.82. The van der Waals surface area contributed by atoms with E-state index in [4.69, 9.17) is 16.6 Å². The number of carbonyl (C=O) groups excluding carboxylic acids is 1. The van der Waals surface area contributed by atoms with Gasteiger partial charge in [-0.25, -0.2) is 9.78 Å². The number of hydrogen-bond donors (Lipinski definition) is 1. The molecule has 1 aliphatic rings. The highest BCUT2D eigenvalue weighted by atomic mass is 35.5. The largest absolute Gasteiger partial charge is 0.335 e. The molecule has 0 bridgehead atoms. The summed E-state index contributed by atoms with van der Waals surface area (Å²) in [6.07, 6.45) is 8.78. The van der Waals surface area contributed by atoms with Crippen LogP contribution in [0, 0.1) is 11.3 Å². The fourth-order valence-corrected chi connectivity index (χ4v) is 5.71. The quantitative estimate of drug-likeness (QED) is 0.239. The Balaban J connectivity index is 1.42. The Kier molecular flexibility index (Phi) is 8.72. The Labute approximate surface area is 241 Å². The highest BCUT2D eigenvalue weighted by Gasteiger charge is 2.20. The van der Waals surface area contributed by atoms with Gasteiger partial charge in [0.15, 0.2) is 0 Å². The van der Waals surface area contributed by atoms with E-state index in [0.717, 1.165) is 71.3 Å². The van der Waals surface area contributed by atoms with E-state index in [2.05, 4.69) is 53.2 Å². The van der Waals surface area contributed by atoms with Gasteiger partial charge < -0.3 is 9.88 Å². The molecule has 2 amide bonds. The fraction of sp³-hybridized carbons (Fsp3) is 0.364. The van der Waals surface area contributed by atoms with E-state index >= 15 is 0 Å². The van der Waals surface area contributed by atoms with Crippen molar-refractivity contribution in [2.45, 2.75) is 70.9 Å². The number of rotatable bonds is 8. The zero-order chi connectivity index (χ0) is 28.1. The molecule has 1 aromatic heterocycles. The third kappa shape index (κ3) is 6.16. The lowest BCUT2D eigenvalue weighted by Gasteiger charge is -2.26. The van der Waals surface area contributed by atoms with Crippen molar-refractivity contribution in [3.05, 3.63) is 82.6 Å². The molecular formula is C33H36ClN5O. The van der Waals surface area contributed by atoms with Crippen LogP contribution in [0.2, 0.25) is 5.02 Å². The first-order valence-electron chi connectivity index (χ1n) is 14.3. The van der Waals surface area contributed by atoms with Gasteiger partial charge in [0.25, 0.3) is 0 Å². The third-order valence-corrected chi connectivity index (χ3v) is 8.13. The van der Waals surface area contributed by atoms with E-state index in [-0.39, 0.29) is 12.1 Å². The van der Waals surface area contributed by atoms with Crippen molar-refractivity contribution in [1.29, 1.82) is 5.26 Å². The maximum Gasteiger partial charge on any atom is 0.321 e. The average molecular weight is 554 g/mol. The monoisotopic (exact) mass is 553 g/mol. The molecule has 1 heterocycles. The Morgan fingerprint density at radius 3 is 2.60 bits per heavy atom. The molecule has 0 radical (unpaired) electrons. The molecule has 0 aliphatic heterocycles. The number of urea groups is 1. The zero-order valence-corrected chi connectivity index (χ0v) is 24.0. The molecule has 0 unspecified atom stereocenters. The normalized spacial score (nSPS) is 13.8. The lowest BCUT2D eigenvalue weighted by Crippen LogP contribution is -2.43. The van der Waals surface area contributed by atoms with Gasteiger partial charge in [0, 0.05) is 36.8 Å². The molecule has 1 N–H and O–H groups in total. The molecule has 1 saturated carbocycles. The molecule has 1 aliphatic carbocycles. The molecule has 4 aromatic rings. The van der Waals surface area contributed by atoms with Crippen LogP contribution in [-0.4, -0.2) is 28.7 Å². The van der Waals surface area contributed by atoms with E-state index in [9.17, 15) is 10.1 Å². The summed E-state index contributed by atoms with van der Waals surface area (Å²) in [6, 6.07) is 22.3. The number of benzene rings is 3. The highest BCUT2D eigenvalue weighted by molar-refractivity contribution is 6.30. The fourth-order valence-electron chi connectivity index (χ4n) is 5.54. The topological polar surface area (TPSA) is 74.0 Å². The van der Waals surface area contributed by atoms with Crippen LogP contribution >= 0.6 is 11.6 Å². The predicted octanol–water partition coefficient (Wildman–Crippen LogP) is 8.10. The summed E-state index contributed by atoms with van der Waals surface area (Å²) in [4.78, 5) is 19.7. The van der Waals surface area contributed by atoms with Gasteiger partial charge in [0.2, 0.25) is 0 Å². The standard InChI is InChI=1S/C33H36ClN5O/c1-3-4-10-32-37-30-18-16-28(38(2)33(40)36-27-8-6-5-7-9-27)20-31(30)39(32)22-23-11-13-24(14-12-23)29-17-15-26(34)19-25(29)21-35/h11-20,27H,3-10,22H2,1-2H3,(H,36,40). The van der Waals surface area contributed by atoms with E-state index in [1.54, 1.807) is 11.0 Å². The van der Waals surface area contributed by atoms with Crippen LogP contribution < -0.4 is 10.2 Å². The van der Waals surface area contributed by atoms with Crippen molar-refractivity contribution in [1.82, 2.24) is 14.9 Å². The lowest BCUT2D eigenvalue weighted by molar-refractivity contribution is 0.239. The number of halogens is 1. The zero-order valence-electron chi connectivity index (χ0n) is 23.3. The van der Waals surface area contributed by atoms with Crippen LogP contribution in [0.1, 0.15) is 68.8 Å². The number of anilines is 1. The number of aromatic nitrogens is 2. The predicted molar refractivity (Wildman–Crippen MR) is 163 cm³/mol. The average Bonchev–Trinajstić information content (AvgIpc) is 3.32. The SMILES string of the molecule is CCCCc1nc2ccc(N(C)C(=O)NC3CCCCC3)cc2n1Cc1ccc(-c2ccc(Cl)cc2C#N)cc1. The summed E-state index contributed by atoms with van der Waals surface area (Å²) in [5.41, 5.74) is 6.36. The summed E-state index contributed by atoms with van der Waals surface area (Å²) in [5, 5.41) is 13.3. The number of unbranched alkanes of at least 4 members (excludes halogenated alkanes) is 1. The third-order valence-electron chi connectivity index (χ3n) is 7.90. The molecule has 0 saturated heterocycles. The van der Waals surface area contributed by atoms with Crippen molar-refractivity contribution in [3.63, 3.8) is 0 Å². The number of carbonyl (C=O) groups is 1. The summed E-state index contributed by atoms with van der Waals surface area (Å²) in [5.74, 6) is 1.05. The maximum absolute atomic E-state index is 13.0. The van der Waals surface area contributed by atoms with Crippen molar-refractivity contribution < 1.29 is 4.79 Å². The molecule has 5 rings (SSSR count). The van der Waals surface area contributed by atoms with Crippen molar-refractivity contribution in [3.8, 4) is 17.2 Å². The number of nitrogens with zero attached hydrogens (tertiary/aromatic N) is 4. The second-order valence-electron chi connectivity index (χ2n) is 10.7. The number of imidazole rings is 1. The van der Waals surface area contributed by atoms with Crippen LogP contribution in [0.4, 0.5) is 10.5 Å². The van der Waals surface area contributed by atoms with E-state index < -0.39 is 0 Å². The minimum atomic E-state index is -0.0574. The Morgan fingerprint density at radius 1 is 1.10 bits per heavy atom. The van der Waals surface area contributed by atoms with Crippen LogP contribution in [0.3, 0.4) is 0 Å². The number of fused-ring (bicyclic) bond motifs is 1. The van der Waals surface area contributed by atoms with Gasteiger partial charge in [0.05, 0.1) is 22.7 Å². The first kappa shape index (κ1) is 27.7. The Bertz CT molecular complexity index is 1530. The summed E-state index contributed by atoms with van der Waals surface area (Å²) in [7, 11) is 1.84. The van der Waals surface area contributed by atoms with Gasteiger partial charge >= 0.3 is 6.03 Å². The van der Waals surface area contributed by atoms with Gasteiger partial charge in [0.1, 0.15) is 5.82 Å². The second-order valence-corrected chi connectivity index (χ2v) is 11.2. The molecule has 3 aromatic carbocycles. The van der Waals surface area contributed by atoms with Gasteiger partial charge in [-0.05, 0) is 66.3 Å². The first-order chi connectivity index (χ1) is 19.5. The molecule has 0 atom stereocenters. The summed E-state index contributed by atoms with van der Waals surface area (Å²) < 4.78 is 2.28. The highest BCUT2D eigenvalue weighted by Crippen LogP contribution is 2.28. The van der Waals surface area contributed by atoms with Gasteiger partial charge in [-0.2, -0.15) is 5.26 Å². The van der Waals surface area contributed by atoms with Crippen LogP contribution in [0.15, 0.2) is 60.7 Å². The van der Waals surface area contributed by atoms with Gasteiger partial charge in [-0.3, -0.25) is 4.90 Å². The number of hydrogen-bond acceptors (Lipinski definition) is 3. The molecule has 40 heavy (non-hydrogen) atoms. The number of nitrogens with one attached hydrogen (secondary N) is 1. The number of nitriles is 1. The van der Waals surface area contributed by atoms with Crippen molar-refractivity contribution in [2.75, 3.05) is 11.9 Å². The molecule has 6 nitrogen and oxygen atoms in total. The molecule has 206 valence electrons. The van der Waals surface area contributed by atoms with Crippen molar-refractivity contribution in [2.24, 2.45) is 0 Å². The second kappa shape index (κ2) is 12.6. The van der Waals surface area contributed by atoms with Crippen LogP contribution in [0.5, 0.6) is 0 Å². The van der Waals surface area contributed by atoms with Crippen LogP contribution in [0.25, 0.3) is 22.2 Å². The summed E-state index contributed by atoms with van der Waals surface area (Å²) >= 11 is 6.09. The summed E-state index contributed by atoms with van der Waals surface area (Å²) in [6.45, 7) is 2.86. The molecule has 1 fully saturated rings. The number of aryl methyl sites for hydroxylation is 1.